The van der Waals surface area contributed by atoms with E-state index in [1.807, 2.05) is 55.5 Å². The molecule has 0 radical (unpaired) electrons. The van der Waals surface area contributed by atoms with E-state index in [9.17, 15) is 4.39 Å². The Kier molecular flexibility index (Phi) is 5.81. The summed E-state index contributed by atoms with van der Waals surface area (Å²) in [7, 11) is 3.85. The van der Waals surface area contributed by atoms with Crippen LogP contribution in [0, 0.1) is 12.7 Å². The molecule has 7 nitrogen and oxygen atoms in total. The van der Waals surface area contributed by atoms with Gasteiger partial charge in [-0.2, -0.15) is 5.10 Å². The Morgan fingerprint density at radius 1 is 1.06 bits per heavy atom. The standard InChI is InChI=1S/C26H26FN7/c1-17-6-4-7-18(12-17)25-26(20-10-11-23-29-16-30-34(23)15-20)32-22(31-25)13-28-21-9-5-8-19(24(21)27)14-33(2)3/h4-12,15-16,28H,13-14H2,1-3H3,(H,31,32). The summed E-state index contributed by atoms with van der Waals surface area (Å²) in [6, 6.07) is 17.6. The maximum absolute atomic E-state index is 15.0. The predicted molar refractivity (Wildman–Crippen MR) is 132 cm³/mol. The van der Waals surface area contributed by atoms with Crippen molar-refractivity contribution < 1.29 is 4.39 Å². The van der Waals surface area contributed by atoms with E-state index in [4.69, 9.17) is 4.98 Å². The predicted octanol–water partition coefficient (Wildman–Crippen LogP) is 4.91. The van der Waals surface area contributed by atoms with Crippen LogP contribution >= 0.6 is 0 Å². The van der Waals surface area contributed by atoms with Crippen LogP contribution in [-0.2, 0) is 13.1 Å². The second-order valence-corrected chi connectivity index (χ2v) is 8.63. The lowest BCUT2D eigenvalue weighted by molar-refractivity contribution is 0.393. The first-order valence-electron chi connectivity index (χ1n) is 11.1. The monoisotopic (exact) mass is 455 g/mol. The minimum Gasteiger partial charge on any atom is -0.375 e. The van der Waals surface area contributed by atoms with E-state index in [2.05, 4.69) is 45.5 Å². The number of nitrogens with one attached hydrogen (secondary N) is 2. The minimum absolute atomic E-state index is 0.237. The van der Waals surface area contributed by atoms with Crippen molar-refractivity contribution in [1.29, 1.82) is 0 Å². The summed E-state index contributed by atoms with van der Waals surface area (Å²) in [6.07, 6.45) is 3.44. The number of aryl methyl sites for hydroxylation is 1. The molecule has 0 amide bonds. The van der Waals surface area contributed by atoms with Gasteiger partial charge in [0.25, 0.3) is 0 Å². The van der Waals surface area contributed by atoms with Crippen molar-refractivity contribution in [1.82, 2.24) is 29.5 Å². The number of aromatic amines is 1. The molecule has 172 valence electrons. The zero-order chi connectivity index (χ0) is 23.7. The molecular weight excluding hydrogens is 429 g/mol. The number of hydrogen-bond donors (Lipinski definition) is 2. The highest BCUT2D eigenvalue weighted by molar-refractivity contribution is 5.79. The fraction of sp³-hybridized carbons (Fsp3) is 0.192. The lowest BCUT2D eigenvalue weighted by atomic mass is 10.0. The second-order valence-electron chi connectivity index (χ2n) is 8.63. The van der Waals surface area contributed by atoms with Gasteiger partial charge in [-0.05, 0) is 45.3 Å². The highest BCUT2D eigenvalue weighted by atomic mass is 19.1. The van der Waals surface area contributed by atoms with Crippen molar-refractivity contribution in [3.63, 3.8) is 0 Å². The second kappa shape index (κ2) is 9.07. The van der Waals surface area contributed by atoms with Crippen molar-refractivity contribution in [3.8, 4) is 22.5 Å². The zero-order valence-corrected chi connectivity index (χ0v) is 19.4. The molecule has 3 aromatic heterocycles. The molecule has 0 aliphatic rings. The molecule has 0 bridgehead atoms. The molecule has 5 rings (SSSR count). The average molecular weight is 456 g/mol. The smallest absolute Gasteiger partial charge is 0.155 e. The Hall–Kier alpha value is -4.04. The summed E-state index contributed by atoms with van der Waals surface area (Å²) in [4.78, 5) is 14.5. The number of imidazole rings is 1. The van der Waals surface area contributed by atoms with Gasteiger partial charge >= 0.3 is 0 Å². The lowest BCUT2D eigenvalue weighted by Crippen LogP contribution is -2.13. The fourth-order valence-corrected chi connectivity index (χ4v) is 4.04. The number of anilines is 1. The Balaban J connectivity index is 1.50. The Morgan fingerprint density at radius 2 is 1.91 bits per heavy atom. The molecule has 0 atom stereocenters. The molecule has 34 heavy (non-hydrogen) atoms. The van der Waals surface area contributed by atoms with Crippen LogP contribution in [0.15, 0.2) is 67.1 Å². The number of benzene rings is 2. The third kappa shape index (κ3) is 4.40. The van der Waals surface area contributed by atoms with Gasteiger partial charge in [-0.1, -0.05) is 35.9 Å². The Morgan fingerprint density at radius 3 is 2.74 bits per heavy atom. The third-order valence-electron chi connectivity index (χ3n) is 5.62. The number of pyridine rings is 1. The topological polar surface area (TPSA) is 74.1 Å². The van der Waals surface area contributed by atoms with Crippen LogP contribution < -0.4 is 5.32 Å². The molecule has 5 aromatic rings. The molecule has 0 aliphatic carbocycles. The van der Waals surface area contributed by atoms with E-state index in [0.29, 0.717) is 30.2 Å². The highest BCUT2D eigenvalue weighted by Gasteiger charge is 2.16. The molecule has 2 N–H and O–H groups in total. The number of rotatable bonds is 7. The zero-order valence-electron chi connectivity index (χ0n) is 19.4. The van der Waals surface area contributed by atoms with E-state index >= 15 is 0 Å². The normalized spacial score (nSPS) is 11.4. The van der Waals surface area contributed by atoms with E-state index in [-0.39, 0.29) is 5.82 Å². The molecule has 0 unspecified atom stereocenters. The molecule has 0 spiro atoms. The summed E-state index contributed by atoms with van der Waals surface area (Å²) in [5, 5.41) is 7.46. The largest absolute Gasteiger partial charge is 0.375 e. The van der Waals surface area contributed by atoms with Gasteiger partial charge in [0.15, 0.2) is 11.5 Å². The van der Waals surface area contributed by atoms with E-state index in [0.717, 1.165) is 33.7 Å². The van der Waals surface area contributed by atoms with Gasteiger partial charge in [0.2, 0.25) is 0 Å². The number of H-pyrrole nitrogens is 1. The molecule has 0 saturated carbocycles. The van der Waals surface area contributed by atoms with Crippen molar-refractivity contribution in [2.75, 3.05) is 19.4 Å². The summed E-state index contributed by atoms with van der Waals surface area (Å²) in [5.74, 6) is 0.473. The van der Waals surface area contributed by atoms with Crippen molar-refractivity contribution in [2.24, 2.45) is 0 Å². The molecule has 0 fully saturated rings. The molecule has 8 heteroatoms. The third-order valence-corrected chi connectivity index (χ3v) is 5.62. The van der Waals surface area contributed by atoms with Crippen LogP contribution in [0.4, 0.5) is 10.1 Å². The molecule has 2 aromatic carbocycles. The average Bonchev–Trinajstić information content (AvgIpc) is 3.46. The lowest BCUT2D eigenvalue weighted by Gasteiger charge is -2.13. The maximum atomic E-state index is 15.0. The van der Waals surface area contributed by atoms with Gasteiger partial charge in [0, 0.05) is 29.4 Å². The summed E-state index contributed by atoms with van der Waals surface area (Å²) >= 11 is 0. The molecular formula is C26H26FN7. The van der Waals surface area contributed by atoms with Crippen LogP contribution in [0.2, 0.25) is 0 Å². The molecule has 0 saturated heterocycles. The van der Waals surface area contributed by atoms with Crippen LogP contribution in [0.1, 0.15) is 17.0 Å². The number of nitrogens with zero attached hydrogens (tertiary/aromatic N) is 5. The molecule has 0 aliphatic heterocycles. The van der Waals surface area contributed by atoms with Gasteiger partial charge in [0.1, 0.15) is 12.2 Å². The van der Waals surface area contributed by atoms with Crippen molar-refractivity contribution >= 4 is 11.3 Å². The van der Waals surface area contributed by atoms with Gasteiger partial charge in [-0.3, -0.25) is 0 Å². The fourth-order valence-electron chi connectivity index (χ4n) is 4.04. The molecule has 3 heterocycles. The Labute approximate surface area is 197 Å². The number of halogens is 1. The minimum atomic E-state index is -0.237. The Bertz CT molecular complexity index is 1450. The van der Waals surface area contributed by atoms with Crippen molar-refractivity contribution in [3.05, 3.63) is 89.9 Å². The first kappa shape index (κ1) is 21.8. The first-order chi connectivity index (χ1) is 16.5. The first-order valence-corrected chi connectivity index (χ1v) is 11.1. The van der Waals surface area contributed by atoms with Crippen LogP contribution in [0.5, 0.6) is 0 Å². The van der Waals surface area contributed by atoms with Crippen LogP contribution in [0.25, 0.3) is 28.2 Å². The van der Waals surface area contributed by atoms with E-state index < -0.39 is 0 Å². The summed E-state index contributed by atoms with van der Waals surface area (Å²) < 4.78 is 16.7. The summed E-state index contributed by atoms with van der Waals surface area (Å²) in [6.45, 7) is 2.95. The maximum Gasteiger partial charge on any atom is 0.155 e. The van der Waals surface area contributed by atoms with E-state index in [1.165, 1.54) is 6.33 Å². The van der Waals surface area contributed by atoms with Crippen LogP contribution in [0.3, 0.4) is 0 Å². The van der Waals surface area contributed by atoms with Gasteiger partial charge in [-0.25, -0.2) is 18.9 Å². The quantitative estimate of drug-likeness (QED) is 0.365. The summed E-state index contributed by atoms with van der Waals surface area (Å²) in [5.41, 5.74) is 6.69. The number of fused-ring (bicyclic) bond motifs is 1. The van der Waals surface area contributed by atoms with Crippen molar-refractivity contribution in [2.45, 2.75) is 20.0 Å². The van der Waals surface area contributed by atoms with E-state index in [1.54, 1.807) is 10.6 Å². The van der Waals surface area contributed by atoms with Crippen LogP contribution in [-0.4, -0.2) is 43.6 Å². The highest BCUT2D eigenvalue weighted by Crippen LogP contribution is 2.31. The van der Waals surface area contributed by atoms with Gasteiger partial charge < -0.3 is 15.2 Å². The van der Waals surface area contributed by atoms with Gasteiger partial charge in [0.05, 0.1) is 23.6 Å². The SMILES string of the molecule is Cc1cccc(-c2[nH]c(CNc3cccc(CN(C)C)c3F)nc2-c2ccc3ncnn3c2)c1. The van der Waals surface area contributed by atoms with Gasteiger partial charge in [-0.15, -0.1) is 0 Å². The number of aromatic nitrogens is 5. The number of hydrogen-bond acceptors (Lipinski definition) is 5.